The van der Waals surface area contributed by atoms with Gasteiger partial charge in [0, 0.05) is 12.1 Å². The summed E-state index contributed by atoms with van der Waals surface area (Å²) in [5.41, 5.74) is 6.09. The van der Waals surface area contributed by atoms with E-state index in [0.717, 1.165) is 25.0 Å². The number of aryl methyl sites for hydroxylation is 1. The third kappa shape index (κ3) is 2.16. The number of benzene rings is 1. The Bertz CT molecular complexity index is 456. The van der Waals surface area contributed by atoms with Gasteiger partial charge in [-0.3, -0.25) is 0 Å². The van der Waals surface area contributed by atoms with Crippen molar-refractivity contribution in [3.63, 3.8) is 0 Å². The standard InChI is InChI=1S/C10H12F2N4/c11-7-5-9-10(6-8(7)12)15-16(14-9)4-2-1-3-13/h5-6H,1-4,13H2. The average molecular weight is 226 g/mol. The molecule has 0 aliphatic carbocycles. The van der Waals surface area contributed by atoms with Crippen LogP contribution in [0.5, 0.6) is 0 Å². The van der Waals surface area contributed by atoms with E-state index in [4.69, 9.17) is 5.73 Å². The lowest BCUT2D eigenvalue weighted by Crippen LogP contribution is -2.05. The zero-order valence-corrected chi connectivity index (χ0v) is 8.66. The van der Waals surface area contributed by atoms with Crippen LogP contribution in [0.3, 0.4) is 0 Å². The summed E-state index contributed by atoms with van der Waals surface area (Å²) < 4.78 is 25.8. The molecule has 0 bridgehead atoms. The van der Waals surface area contributed by atoms with Gasteiger partial charge in [0.25, 0.3) is 0 Å². The highest BCUT2D eigenvalue weighted by atomic mass is 19.2. The molecule has 2 aromatic rings. The van der Waals surface area contributed by atoms with Gasteiger partial charge in [0.1, 0.15) is 11.0 Å². The van der Waals surface area contributed by atoms with Crippen LogP contribution in [-0.2, 0) is 6.54 Å². The fourth-order valence-corrected chi connectivity index (χ4v) is 1.45. The Hall–Kier alpha value is -1.56. The third-order valence-electron chi connectivity index (χ3n) is 2.28. The molecule has 0 saturated heterocycles. The van der Waals surface area contributed by atoms with Crippen LogP contribution < -0.4 is 5.73 Å². The molecule has 2 rings (SSSR count). The van der Waals surface area contributed by atoms with Crippen LogP contribution in [0.1, 0.15) is 12.8 Å². The Labute approximate surface area is 91.0 Å². The van der Waals surface area contributed by atoms with Crippen LogP contribution in [0.2, 0.25) is 0 Å². The summed E-state index contributed by atoms with van der Waals surface area (Å²) in [6, 6.07) is 2.11. The van der Waals surface area contributed by atoms with Gasteiger partial charge in [0.2, 0.25) is 0 Å². The first kappa shape index (κ1) is 10.9. The third-order valence-corrected chi connectivity index (χ3v) is 2.28. The van der Waals surface area contributed by atoms with E-state index in [1.165, 1.54) is 4.80 Å². The van der Waals surface area contributed by atoms with Gasteiger partial charge >= 0.3 is 0 Å². The molecule has 0 spiro atoms. The van der Waals surface area contributed by atoms with Crippen molar-refractivity contribution >= 4 is 11.0 Å². The average Bonchev–Trinajstić information content (AvgIpc) is 2.61. The van der Waals surface area contributed by atoms with E-state index >= 15 is 0 Å². The Morgan fingerprint density at radius 3 is 2.12 bits per heavy atom. The van der Waals surface area contributed by atoms with Gasteiger partial charge in [-0.1, -0.05) is 0 Å². The maximum atomic E-state index is 12.9. The van der Waals surface area contributed by atoms with Crippen molar-refractivity contribution in [3.05, 3.63) is 23.8 Å². The Kier molecular flexibility index (Phi) is 3.09. The lowest BCUT2D eigenvalue weighted by molar-refractivity contribution is 0.507. The highest BCUT2D eigenvalue weighted by molar-refractivity contribution is 5.73. The summed E-state index contributed by atoms with van der Waals surface area (Å²) in [7, 11) is 0. The van der Waals surface area contributed by atoms with Crippen molar-refractivity contribution in [1.82, 2.24) is 15.0 Å². The molecule has 1 aromatic carbocycles. The molecule has 0 atom stereocenters. The molecule has 0 radical (unpaired) electrons. The Morgan fingerprint density at radius 2 is 1.62 bits per heavy atom. The van der Waals surface area contributed by atoms with Crippen LogP contribution in [0, 0.1) is 11.6 Å². The van der Waals surface area contributed by atoms with Crippen molar-refractivity contribution in [2.45, 2.75) is 19.4 Å². The summed E-state index contributed by atoms with van der Waals surface area (Å²) in [6.07, 6.45) is 1.73. The zero-order chi connectivity index (χ0) is 11.5. The van der Waals surface area contributed by atoms with Crippen LogP contribution in [0.15, 0.2) is 12.1 Å². The molecular formula is C10H12F2N4. The maximum Gasteiger partial charge on any atom is 0.161 e. The molecule has 16 heavy (non-hydrogen) atoms. The number of nitrogens with zero attached hydrogens (tertiary/aromatic N) is 3. The minimum Gasteiger partial charge on any atom is -0.330 e. The summed E-state index contributed by atoms with van der Waals surface area (Å²) >= 11 is 0. The fraction of sp³-hybridized carbons (Fsp3) is 0.400. The molecule has 1 heterocycles. The molecule has 0 aliphatic heterocycles. The number of nitrogens with two attached hydrogens (primary N) is 1. The van der Waals surface area contributed by atoms with Crippen molar-refractivity contribution in [3.8, 4) is 0 Å². The molecular weight excluding hydrogens is 214 g/mol. The summed E-state index contributed by atoms with van der Waals surface area (Å²) in [4.78, 5) is 1.44. The summed E-state index contributed by atoms with van der Waals surface area (Å²) in [5, 5.41) is 8.09. The first-order valence-corrected chi connectivity index (χ1v) is 5.10. The van der Waals surface area contributed by atoms with Crippen molar-refractivity contribution in [2.75, 3.05) is 6.54 Å². The quantitative estimate of drug-likeness (QED) is 0.803. The first-order chi connectivity index (χ1) is 7.70. The number of rotatable bonds is 4. The van der Waals surface area contributed by atoms with E-state index in [1.54, 1.807) is 0 Å². The van der Waals surface area contributed by atoms with Gasteiger partial charge < -0.3 is 5.73 Å². The fourth-order valence-electron chi connectivity index (χ4n) is 1.45. The molecule has 0 aliphatic rings. The number of hydrogen-bond donors (Lipinski definition) is 1. The van der Waals surface area contributed by atoms with Gasteiger partial charge in [-0.2, -0.15) is 15.0 Å². The number of unbranched alkanes of at least 4 members (excludes halogenated alkanes) is 1. The van der Waals surface area contributed by atoms with E-state index < -0.39 is 11.6 Å². The number of hydrogen-bond acceptors (Lipinski definition) is 3. The molecule has 86 valence electrons. The second kappa shape index (κ2) is 4.52. The van der Waals surface area contributed by atoms with Crippen LogP contribution >= 0.6 is 0 Å². The second-order valence-electron chi connectivity index (χ2n) is 3.55. The van der Waals surface area contributed by atoms with Gasteiger partial charge in [0.05, 0.1) is 6.54 Å². The van der Waals surface area contributed by atoms with Gasteiger partial charge in [-0.25, -0.2) is 8.78 Å². The first-order valence-electron chi connectivity index (χ1n) is 5.10. The predicted octanol–water partition coefficient (Wildman–Crippen LogP) is 1.45. The zero-order valence-electron chi connectivity index (χ0n) is 8.66. The largest absolute Gasteiger partial charge is 0.330 e. The monoisotopic (exact) mass is 226 g/mol. The SMILES string of the molecule is NCCCCn1nc2cc(F)c(F)cc2n1. The highest BCUT2D eigenvalue weighted by Crippen LogP contribution is 2.14. The number of aromatic nitrogens is 3. The Morgan fingerprint density at radius 1 is 1.06 bits per heavy atom. The smallest absolute Gasteiger partial charge is 0.161 e. The normalized spacial score (nSPS) is 11.2. The molecule has 1 aromatic heterocycles. The second-order valence-corrected chi connectivity index (χ2v) is 3.55. The van der Waals surface area contributed by atoms with Gasteiger partial charge in [0.15, 0.2) is 11.6 Å². The predicted molar refractivity (Wildman–Crippen MR) is 55.7 cm³/mol. The molecule has 0 saturated carbocycles. The minimum absolute atomic E-state index is 0.367. The van der Waals surface area contributed by atoms with Crippen LogP contribution in [-0.4, -0.2) is 21.5 Å². The highest BCUT2D eigenvalue weighted by Gasteiger charge is 2.08. The molecule has 4 nitrogen and oxygen atoms in total. The topological polar surface area (TPSA) is 56.7 Å². The van der Waals surface area contributed by atoms with Gasteiger partial charge in [-0.05, 0) is 19.4 Å². The molecule has 0 fully saturated rings. The molecule has 6 heteroatoms. The van der Waals surface area contributed by atoms with Crippen molar-refractivity contribution in [2.24, 2.45) is 5.73 Å². The molecule has 0 amide bonds. The van der Waals surface area contributed by atoms with E-state index in [-0.39, 0.29) is 0 Å². The van der Waals surface area contributed by atoms with E-state index in [1.807, 2.05) is 0 Å². The summed E-state index contributed by atoms with van der Waals surface area (Å²) in [6.45, 7) is 1.22. The van der Waals surface area contributed by atoms with E-state index in [9.17, 15) is 8.78 Å². The minimum atomic E-state index is -0.901. The molecule has 2 N–H and O–H groups in total. The summed E-state index contributed by atoms with van der Waals surface area (Å²) in [5.74, 6) is -1.80. The van der Waals surface area contributed by atoms with Crippen LogP contribution in [0.4, 0.5) is 8.78 Å². The van der Waals surface area contributed by atoms with Crippen molar-refractivity contribution in [1.29, 1.82) is 0 Å². The lowest BCUT2D eigenvalue weighted by atomic mass is 10.3. The lowest BCUT2D eigenvalue weighted by Gasteiger charge is -1.96. The number of fused-ring (bicyclic) bond motifs is 1. The maximum absolute atomic E-state index is 12.9. The van der Waals surface area contributed by atoms with Crippen molar-refractivity contribution < 1.29 is 8.78 Å². The Balaban J connectivity index is 2.23. The van der Waals surface area contributed by atoms with E-state index in [0.29, 0.717) is 24.1 Å². The van der Waals surface area contributed by atoms with Crippen LogP contribution in [0.25, 0.3) is 11.0 Å². The number of halogens is 2. The molecule has 0 unspecified atom stereocenters. The van der Waals surface area contributed by atoms with Gasteiger partial charge in [-0.15, -0.1) is 0 Å². The van der Waals surface area contributed by atoms with E-state index in [2.05, 4.69) is 10.2 Å².